The topological polar surface area (TPSA) is 12.0 Å². The third kappa shape index (κ3) is 2.42. The highest BCUT2D eigenvalue weighted by Crippen LogP contribution is 2.49. The molecule has 100 valence electrons. The van der Waals surface area contributed by atoms with Crippen LogP contribution in [-0.4, -0.2) is 12.2 Å². The second-order valence-electron chi connectivity index (χ2n) is 5.78. The third-order valence-electron chi connectivity index (χ3n) is 4.26. The molecule has 0 bridgehead atoms. The van der Waals surface area contributed by atoms with E-state index in [1.165, 1.54) is 41.1 Å². The summed E-state index contributed by atoms with van der Waals surface area (Å²) in [4.78, 5) is 2.66. The highest BCUT2D eigenvalue weighted by molar-refractivity contribution is 7.80. The Labute approximate surface area is 118 Å². The summed E-state index contributed by atoms with van der Waals surface area (Å²) in [5.74, 6) is 0.267. The van der Waals surface area contributed by atoms with Crippen LogP contribution in [0.2, 0.25) is 0 Å². The van der Waals surface area contributed by atoms with Crippen LogP contribution in [0.15, 0.2) is 4.90 Å². The first-order valence-electron chi connectivity index (χ1n) is 6.84. The van der Waals surface area contributed by atoms with Crippen molar-refractivity contribution in [3.8, 4) is 0 Å². The lowest BCUT2D eigenvalue weighted by Crippen LogP contribution is -2.05. The zero-order chi connectivity index (χ0) is 12.8. The van der Waals surface area contributed by atoms with Gasteiger partial charge in [-0.25, -0.2) is 4.39 Å². The van der Waals surface area contributed by atoms with Gasteiger partial charge in [0.2, 0.25) is 0 Å². The van der Waals surface area contributed by atoms with Crippen LogP contribution in [0.5, 0.6) is 0 Å². The van der Waals surface area contributed by atoms with E-state index in [0.29, 0.717) is 0 Å². The quantitative estimate of drug-likeness (QED) is 0.778. The standard InChI is InChI=1S/C14H20FNS2/c1-14(15)8-9(14)6-7-16-13-12(17)10-4-2-3-5-11(10)18-13/h9,16-17H,2-8H2,1H3/t9-,14?/m1/s1. The van der Waals surface area contributed by atoms with Gasteiger partial charge in [-0.15, -0.1) is 24.0 Å². The van der Waals surface area contributed by atoms with Crippen molar-refractivity contribution < 1.29 is 4.39 Å². The van der Waals surface area contributed by atoms with Crippen LogP contribution >= 0.6 is 24.0 Å². The van der Waals surface area contributed by atoms with Crippen molar-refractivity contribution in [1.82, 2.24) is 0 Å². The summed E-state index contributed by atoms with van der Waals surface area (Å²) in [6, 6.07) is 0. The lowest BCUT2D eigenvalue weighted by molar-refractivity contribution is 0.305. The summed E-state index contributed by atoms with van der Waals surface area (Å²) < 4.78 is 13.4. The van der Waals surface area contributed by atoms with Gasteiger partial charge in [0.05, 0.1) is 0 Å². The molecule has 1 unspecified atom stereocenters. The van der Waals surface area contributed by atoms with Crippen LogP contribution in [0.3, 0.4) is 0 Å². The normalized spacial score (nSPS) is 30.1. The molecule has 1 aromatic rings. The summed E-state index contributed by atoms with van der Waals surface area (Å²) in [6.45, 7) is 2.59. The molecule has 0 amide bonds. The highest BCUT2D eigenvalue weighted by atomic mass is 32.1. The van der Waals surface area contributed by atoms with Crippen molar-refractivity contribution >= 4 is 29.0 Å². The number of anilines is 1. The lowest BCUT2D eigenvalue weighted by Gasteiger charge is -2.10. The summed E-state index contributed by atoms with van der Waals surface area (Å²) in [5, 5.41) is 4.66. The van der Waals surface area contributed by atoms with E-state index in [9.17, 15) is 4.39 Å². The fourth-order valence-corrected chi connectivity index (χ4v) is 4.61. The average molecular weight is 285 g/mol. The van der Waals surface area contributed by atoms with E-state index in [0.717, 1.165) is 24.3 Å². The summed E-state index contributed by atoms with van der Waals surface area (Å²) in [6.07, 6.45) is 6.66. The van der Waals surface area contributed by atoms with Crippen molar-refractivity contribution in [2.45, 2.75) is 56.0 Å². The minimum absolute atomic E-state index is 0.267. The first-order valence-corrected chi connectivity index (χ1v) is 8.10. The van der Waals surface area contributed by atoms with E-state index in [1.54, 1.807) is 6.92 Å². The van der Waals surface area contributed by atoms with Crippen LogP contribution in [0.25, 0.3) is 0 Å². The zero-order valence-electron chi connectivity index (χ0n) is 10.8. The minimum atomic E-state index is -0.889. The van der Waals surface area contributed by atoms with E-state index >= 15 is 0 Å². The molecule has 1 nitrogen and oxygen atoms in total. The van der Waals surface area contributed by atoms with Crippen molar-refractivity contribution in [2.24, 2.45) is 5.92 Å². The van der Waals surface area contributed by atoms with Gasteiger partial charge in [-0.3, -0.25) is 0 Å². The molecule has 1 heterocycles. The molecule has 1 aromatic heterocycles. The first-order chi connectivity index (χ1) is 8.58. The maximum Gasteiger partial charge on any atom is 0.111 e. The molecule has 2 atom stereocenters. The number of hydrogen-bond donors (Lipinski definition) is 2. The second-order valence-corrected chi connectivity index (χ2v) is 7.34. The van der Waals surface area contributed by atoms with Gasteiger partial charge in [0.1, 0.15) is 10.7 Å². The summed E-state index contributed by atoms with van der Waals surface area (Å²) >= 11 is 6.50. The fraction of sp³-hybridized carbons (Fsp3) is 0.714. The van der Waals surface area contributed by atoms with Crippen LogP contribution < -0.4 is 5.32 Å². The van der Waals surface area contributed by atoms with Gasteiger partial charge in [-0.2, -0.15) is 0 Å². The number of alkyl halides is 1. The van der Waals surface area contributed by atoms with Gasteiger partial charge in [-0.1, -0.05) is 0 Å². The molecule has 1 N–H and O–H groups in total. The van der Waals surface area contributed by atoms with Gasteiger partial charge in [0.25, 0.3) is 0 Å². The predicted molar refractivity (Wildman–Crippen MR) is 78.9 cm³/mol. The number of nitrogens with one attached hydrogen (secondary N) is 1. The Morgan fingerprint density at radius 1 is 1.44 bits per heavy atom. The fourth-order valence-electron chi connectivity index (χ4n) is 2.85. The molecule has 0 aliphatic heterocycles. The Morgan fingerprint density at radius 3 is 2.83 bits per heavy atom. The molecule has 0 spiro atoms. The van der Waals surface area contributed by atoms with Crippen LogP contribution in [0.4, 0.5) is 9.39 Å². The number of thiophene rings is 1. The average Bonchev–Trinajstić information content (AvgIpc) is 2.81. The van der Waals surface area contributed by atoms with E-state index < -0.39 is 5.67 Å². The third-order valence-corrected chi connectivity index (χ3v) is 6.15. The summed E-state index contributed by atoms with van der Waals surface area (Å²) in [5.41, 5.74) is 0.569. The Hall–Kier alpha value is -0.220. The van der Waals surface area contributed by atoms with Gasteiger partial charge in [-0.05, 0) is 56.9 Å². The molecule has 0 radical (unpaired) electrons. The second kappa shape index (κ2) is 4.71. The van der Waals surface area contributed by atoms with E-state index in [2.05, 4.69) is 17.9 Å². The molecule has 2 aliphatic carbocycles. The Bertz CT molecular complexity index is 453. The molecule has 2 aliphatic rings. The van der Waals surface area contributed by atoms with Gasteiger partial charge in [0, 0.05) is 16.3 Å². The largest absolute Gasteiger partial charge is 0.376 e. The molecule has 0 saturated heterocycles. The molecule has 4 heteroatoms. The van der Waals surface area contributed by atoms with Gasteiger partial charge < -0.3 is 5.32 Å². The van der Waals surface area contributed by atoms with Gasteiger partial charge >= 0.3 is 0 Å². The van der Waals surface area contributed by atoms with Gasteiger partial charge in [0.15, 0.2) is 0 Å². The number of aryl methyl sites for hydroxylation is 1. The van der Waals surface area contributed by atoms with Crippen molar-refractivity contribution in [2.75, 3.05) is 11.9 Å². The Balaban J connectivity index is 1.58. The predicted octanol–water partition coefficient (Wildman–Crippen LogP) is 4.47. The monoisotopic (exact) mass is 285 g/mol. The molecule has 18 heavy (non-hydrogen) atoms. The van der Waals surface area contributed by atoms with Crippen LogP contribution in [0, 0.1) is 5.92 Å². The number of halogens is 1. The molecule has 0 aromatic carbocycles. The molecular weight excluding hydrogens is 265 g/mol. The summed E-state index contributed by atoms with van der Waals surface area (Å²) in [7, 11) is 0. The van der Waals surface area contributed by atoms with E-state index in [-0.39, 0.29) is 5.92 Å². The number of thiol groups is 1. The van der Waals surface area contributed by atoms with Crippen molar-refractivity contribution in [3.63, 3.8) is 0 Å². The molecule has 1 fully saturated rings. The molecule has 1 saturated carbocycles. The van der Waals surface area contributed by atoms with Crippen LogP contribution in [0.1, 0.15) is 43.0 Å². The van der Waals surface area contributed by atoms with Crippen molar-refractivity contribution in [3.05, 3.63) is 10.4 Å². The minimum Gasteiger partial charge on any atom is -0.376 e. The zero-order valence-corrected chi connectivity index (χ0v) is 12.5. The number of fused-ring (bicyclic) bond motifs is 1. The maximum absolute atomic E-state index is 13.4. The first kappa shape index (κ1) is 12.8. The van der Waals surface area contributed by atoms with E-state index in [1.807, 2.05) is 11.3 Å². The maximum atomic E-state index is 13.4. The Morgan fingerprint density at radius 2 is 2.17 bits per heavy atom. The number of hydrogen-bond acceptors (Lipinski definition) is 3. The number of rotatable bonds is 4. The molecular formula is C14H20FNS2. The SMILES string of the molecule is CC1(F)C[C@H]1CCNc1sc2c(c1S)CCCC2. The smallest absolute Gasteiger partial charge is 0.111 e. The highest BCUT2D eigenvalue weighted by Gasteiger charge is 2.50. The van der Waals surface area contributed by atoms with Crippen LogP contribution in [-0.2, 0) is 12.8 Å². The molecule has 3 rings (SSSR count). The van der Waals surface area contributed by atoms with Crippen molar-refractivity contribution in [1.29, 1.82) is 0 Å². The Kier molecular flexibility index (Phi) is 3.35. The van der Waals surface area contributed by atoms with E-state index in [4.69, 9.17) is 0 Å². The lowest BCUT2D eigenvalue weighted by atomic mass is 9.99.